The maximum absolute atomic E-state index is 13.4. The Morgan fingerprint density at radius 1 is 1.07 bits per heavy atom. The second-order valence-corrected chi connectivity index (χ2v) is 10.1. The molecular weight excluding hydrogens is 400 g/mol. The van der Waals surface area contributed by atoms with Crippen LogP contribution in [0.3, 0.4) is 0 Å². The first-order valence-electron chi connectivity index (χ1n) is 9.97. The van der Waals surface area contributed by atoms with Crippen molar-refractivity contribution in [2.24, 2.45) is 17.3 Å². The van der Waals surface area contributed by atoms with Gasteiger partial charge >= 0.3 is 0 Å². The van der Waals surface area contributed by atoms with Gasteiger partial charge in [-0.25, -0.2) is 4.98 Å². The lowest BCUT2D eigenvalue weighted by Gasteiger charge is -2.61. The quantitative estimate of drug-likeness (QED) is 0.693. The molecule has 4 saturated carbocycles. The molecule has 3 nitrogen and oxygen atoms in total. The zero-order valence-electron chi connectivity index (χ0n) is 15.7. The SMILES string of the molecule is Cc1ccc(C23CC4CC(CC(C(=O)Nc5ccc(Br)cn5)(C4)C2)C3)cc1. The number of halogens is 1. The first-order valence-corrected chi connectivity index (χ1v) is 10.8. The summed E-state index contributed by atoms with van der Waals surface area (Å²) in [6.45, 7) is 2.14. The molecule has 2 atom stereocenters. The smallest absolute Gasteiger partial charge is 0.231 e. The van der Waals surface area contributed by atoms with E-state index in [0.717, 1.165) is 23.7 Å². The van der Waals surface area contributed by atoms with Crippen LogP contribution in [0.15, 0.2) is 47.1 Å². The number of carbonyl (C=O) groups is 1. The summed E-state index contributed by atoms with van der Waals surface area (Å²) in [6, 6.07) is 12.9. The van der Waals surface area contributed by atoms with E-state index in [1.807, 2.05) is 12.1 Å². The third-order valence-corrected chi connectivity index (χ3v) is 7.64. The highest BCUT2D eigenvalue weighted by Gasteiger charge is 2.60. The van der Waals surface area contributed by atoms with E-state index in [9.17, 15) is 4.79 Å². The highest BCUT2D eigenvalue weighted by Crippen LogP contribution is 2.65. The van der Waals surface area contributed by atoms with Crippen molar-refractivity contribution in [3.63, 3.8) is 0 Å². The van der Waals surface area contributed by atoms with Crippen LogP contribution in [0.25, 0.3) is 0 Å². The summed E-state index contributed by atoms with van der Waals surface area (Å²) in [5, 5.41) is 3.13. The normalized spacial score (nSPS) is 33.9. The van der Waals surface area contributed by atoms with Crippen molar-refractivity contribution < 1.29 is 4.79 Å². The summed E-state index contributed by atoms with van der Waals surface area (Å²) >= 11 is 3.41. The van der Waals surface area contributed by atoms with Crippen molar-refractivity contribution in [2.75, 3.05) is 5.32 Å². The molecule has 0 radical (unpaired) electrons. The van der Waals surface area contributed by atoms with Gasteiger partial charge in [0.25, 0.3) is 0 Å². The molecule has 4 bridgehead atoms. The van der Waals surface area contributed by atoms with Gasteiger partial charge in [0, 0.05) is 10.7 Å². The van der Waals surface area contributed by atoms with E-state index >= 15 is 0 Å². The number of nitrogens with zero attached hydrogens (tertiary/aromatic N) is 1. The second kappa shape index (κ2) is 6.16. The predicted octanol–water partition coefficient (Wildman–Crippen LogP) is 5.63. The molecule has 6 rings (SSSR count). The largest absolute Gasteiger partial charge is 0.310 e. The van der Waals surface area contributed by atoms with Crippen LogP contribution >= 0.6 is 15.9 Å². The summed E-state index contributed by atoms with van der Waals surface area (Å²) in [5.41, 5.74) is 2.70. The van der Waals surface area contributed by atoms with Gasteiger partial charge in [-0.2, -0.15) is 0 Å². The Morgan fingerprint density at radius 2 is 1.78 bits per heavy atom. The van der Waals surface area contributed by atoms with Crippen LogP contribution in [-0.4, -0.2) is 10.9 Å². The lowest BCUT2D eigenvalue weighted by molar-refractivity contribution is -0.143. The van der Waals surface area contributed by atoms with E-state index < -0.39 is 0 Å². The van der Waals surface area contributed by atoms with Crippen LogP contribution in [0.5, 0.6) is 0 Å². The molecule has 4 aliphatic carbocycles. The summed E-state index contributed by atoms with van der Waals surface area (Å²) in [7, 11) is 0. The Bertz CT molecular complexity index is 860. The molecule has 1 aromatic carbocycles. The van der Waals surface area contributed by atoms with E-state index in [1.165, 1.54) is 30.4 Å². The minimum Gasteiger partial charge on any atom is -0.310 e. The van der Waals surface area contributed by atoms with Crippen LogP contribution in [0, 0.1) is 24.2 Å². The Kier molecular flexibility index (Phi) is 3.98. The Labute approximate surface area is 169 Å². The highest BCUT2D eigenvalue weighted by molar-refractivity contribution is 9.10. The molecule has 0 aliphatic heterocycles. The average Bonchev–Trinajstić information content (AvgIpc) is 2.63. The monoisotopic (exact) mass is 424 g/mol. The van der Waals surface area contributed by atoms with Gasteiger partial charge in [-0.05, 0) is 96.3 Å². The van der Waals surface area contributed by atoms with Gasteiger partial charge in [-0.15, -0.1) is 0 Å². The maximum Gasteiger partial charge on any atom is 0.231 e. The molecule has 1 aromatic heterocycles. The van der Waals surface area contributed by atoms with E-state index in [1.54, 1.807) is 6.20 Å². The molecule has 4 fully saturated rings. The van der Waals surface area contributed by atoms with Crippen molar-refractivity contribution in [3.05, 3.63) is 58.2 Å². The van der Waals surface area contributed by atoms with Gasteiger partial charge < -0.3 is 5.32 Å². The summed E-state index contributed by atoms with van der Waals surface area (Å²) < 4.78 is 0.925. The van der Waals surface area contributed by atoms with Crippen LogP contribution < -0.4 is 5.32 Å². The van der Waals surface area contributed by atoms with Gasteiger partial charge in [0.05, 0.1) is 5.41 Å². The number of amides is 1. The van der Waals surface area contributed by atoms with Crippen molar-refractivity contribution in [1.82, 2.24) is 4.98 Å². The minimum absolute atomic E-state index is 0.183. The third kappa shape index (κ3) is 2.93. The number of hydrogen-bond donors (Lipinski definition) is 1. The average molecular weight is 425 g/mol. The molecule has 0 spiro atoms. The van der Waals surface area contributed by atoms with Crippen LogP contribution in [-0.2, 0) is 10.2 Å². The Hall–Kier alpha value is -1.68. The fourth-order valence-electron chi connectivity index (χ4n) is 6.47. The van der Waals surface area contributed by atoms with E-state index in [-0.39, 0.29) is 16.7 Å². The lowest BCUT2D eigenvalue weighted by atomic mass is 9.42. The molecule has 1 amide bonds. The van der Waals surface area contributed by atoms with Crippen LogP contribution in [0.2, 0.25) is 0 Å². The van der Waals surface area contributed by atoms with E-state index in [0.29, 0.717) is 17.7 Å². The second-order valence-electron chi connectivity index (χ2n) is 9.20. The maximum atomic E-state index is 13.4. The van der Waals surface area contributed by atoms with Gasteiger partial charge in [0.1, 0.15) is 5.82 Å². The number of aryl methyl sites for hydroxylation is 1. The zero-order chi connectivity index (χ0) is 18.6. The fourth-order valence-corrected chi connectivity index (χ4v) is 6.71. The van der Waals surface area contributed by atoms with Gasteiger partial charge in [-0.1, -0.05) is 29.8 Å². The molecule has 1 heterocycles. The van der Waals surface area contributed by atoms with E-state index in [2.05, 4.69) is 57.4 Å². The number of anilines is 1. The van der Waals surface area contributed by atoms with Crippen LogP contribution in [0.4, 0.5) is 5.82 Å². The van der Waals surface area contributed by atoms with Crippen LogP contribution in [0.1, 0.15) is 49.7 Å². The third-order valence-electron chi connectivity index (χ3n) is 7.18. The minimum atomic E-state index is -0.232. The Balaban J connectivity index is 1.46. The number of aromatic nitrogens is 1. The molecule has 140 valence electrons. The number of hydrogen-bond acceptors (Lipinski definition) is 2. The number of carbonyl (C=O) groups excluding carboxylic acids is 1. The Morgan fingerprint density at radius 3 is 2.41 bits per heavy atom. The topological polar surface area (TPSA) is 42.0 Å². The molecular formula is C23H25BrN2O. The molecule has 27 heavy (non-hydrogen) atoms. The fraction of sp³-hybridized carbons (Fsp3) is 0.478. The van der Waals surface area contributed by atoms with Gasteiger partial charge in [-0.3, -0.25) is 4.79 Å². The predicted molar refractivity (Wildman–Crippen MR) is 111 cm³/mol. The zero-order valence-corrected chi connectivity index (χ0v) is 17.3. The van der Waals surface area contributed by atoms with E-state index in [4.69, 9.17) is 0 Å². The number of benzene rings is 1. The summed E-state index contributed by atoms with van der Waals surface area (Å²) in [4.78, 5) is 17.8. The number of pyridine rings is 1. The van der Waals surface area contributed by atoms with Gasteiger partial charge in [0.2, 0.25) is 5.91 Å². The highest BCUT2D eigenvalue weighted by atomic mass is 79.9. The standard InChI is InChI=1S/C23H25BrN2O/c1-15-2-4-18(5-3-15)22-9-16-8-17(10-22)12-23(11-16,14-22)21(27)26-20-7-6-19(24)13-25-20/h2-7,13,16-17H,8-12,14H2,1H3,(H,25,26,27). The molecule has 1 N–H and O–H groups in total. The van der Waals surface area contributed by atoms with Crippen molar-refractivity contribution in [2.45, 2.75) is 50.9 Å². The summed E-state index contributed by atoms with van der Waals surface area (Å²) in [5.74, 6) is 2.19. The molecule has 0 saturated heterocycles. The first-order chi connectivity index (χ1) is 13.0. The molecule has 4 aliphatic rings. The van der Waals surface area contributed by atoms with Crippen molar-refractivity contribution in [1.29, 1.82) is 0 Å². The van der Waals surface area contributed by atoms with Crippen molar-refractivity contribution >= 4 is 27.7 Å². The van der Waals surface area contributed by atoms with Crippen molar-refractivity contribution in [3.8, 4) is 0 Å². The number of rotatable bonds is 3. The molecule has 2 aromatic rings. The lowest BCUT2D eigenvalue weighted by Crippen LogP contribution is -2.58. The first kappa shape index (κ1) is 17.4. The number of nitrogens with one attached hydrogen (secondary N) is 1. The van der Waals surface area contributed by atoms with Gasteiger partial charge in [0.15, 0.2) is 0 Å². The molecule has 4 heteroatoms. The molecule has 2 unspecified atom stereocenters. The summed E-state index contributed by atoms with van der Waals surface area (Å²) in [6.07, 6.45) is 8.61.